The zero-order valence-electron chi connectivity index (χ0n) is 11.6. The highest BCUT2D eigenvalue weighted by Crippen LogP contribution is 2.40. The number of hydrogen-bond acceptors (Lipinski definition) is 3. The van der Waals surface area contributed by atoms with Crippen molar-refractivity contribution in [1.82, 2.24) is 14.8 Å². The smallest absolute Gasteiger partial charge is 0.191 e. The maximum Gasteiger partial charge on any atom is 0.191 e. The Bertz CT molecular complexity index is 575. The van der Waals surface area contributed by atoms with E-state index in [1.807, 2.05) is 12.1 Å². The van der Waals surface area contributed by atoms with Crippen LogP contribution in [0.5, 0.6) is 0 Å². The fourth-order valence-corrected chi connectivity index (χ4v) is 3.14. The molecule has 0 spiro atoms. The summed E-state index contributed by atoms with van der Waals surface area (Å²) < 4.78 is 15.1. The molecule has 1 fully saturated rings. The molecule has 1 aliphatic carbocycles. The third-order valence-electron chi connectivity index (χ3n) is 3.42. The average molecular weight is 291 g/mol. The summed E-state index contributed by atoms with van der Waals surface area (Å²) in [6.45, 7) is 3.15. The van der Waals surface area contributed by atoms with Gasteiger partial charge in [-0.2, -0.15) is 0 Å². The quantitative estimate of drug-likeness (QED) is 0.754. The van der Waals surface area contributed by atoms with E-state index in [0.29, 0.717) is 5.92 Å². The van der Waals surface area contributed by atoms with Gasteiger partial charge in [-0.15, -0.1) is 10.2 Å². The van der Waals surface area contributed by atoms with Crippen LogP contribution >= 0.6 is 11.8 Å². The van der Waals surface area contributed by atoms with Crippen molar-refractivity contribution < 1.29 is 4.39 Å². The van der Waals surface area contributed by atoms with Gasteiger partial charge in [0, 0.05) is 18.2 Å². The predicted molar refractivity (Wildman–Crippen MR) is 78.2 cm³/mol. The molecule has 0 amide bonds. The molecule has 106 valence electrons. The van der Waals surface area contributed by atoms with Gasteiger partial charge in [-0.05, 0) is 37.0 Å². The summed E-state index contributed by atoms with van der Waals surface area (Å²) in [7, 11) is 0. The summed E-state index contributed by atoms with van der Waals surface area (Å²) in [4.78, 5) is 0. The lowest BCUT2D eigenvalue weighted by Gasteiger charge is -2.08. The van der Waals surface area contributed by atoms with E-state index in [9.17, 15) is 4.39 Å². The summed E-state index contributed by atoms with van der Waals surface area (Å²) in [5, 5.41) is 9.67. The Kier molecular flexibility index (Phi) is 4.05. The van der Waals surface area contributed by atoms with Crippen LogP contribution in [-0.4, -0.2) is 14.8 Å². The minimum atomic E-state index is -0.191. The van der Waals surface area contributed by atoms with Crippen LogP contribution in [0.4, 0.5) is 4.39 Å². The Morgan fingerprint density at radius 3 is 2.65 bits per heavy atom. The number of hydrogen-bond donors (Lipinski definition) is 0. The van der Waals surface area contributed by atoms with E-state index in [0.717, 1.165) is 35.3 Å². The first-order chi connectivity index (χ1) is 9.78. The molecule has 5 heteroatoms. The molecule has 1 heterocycles. The highest BCUT2D eigenvalue weighted by Gasteiger charge is 2.30. The lowest BCUT2D eigenvalue weighted by molar-refractivity contribution is 0.592. The van der Waals surface area contributed by atoms with Gasteiger partial charge in [0.05, 0.1) is 0 Å². The van der Waals surface area contributed by atoms with E-state index in [2.05, 4.69) is 21.7 Å². The van der Waals surface area contributed by atoms with Crippen LogP contribution in [0, 0.1) is 5.82 Å². The molecule has 0 radical (unpaired) electrons. The van der Waals surface area contributed by atoms with Crippen LogP contribution in [0.3, 0.4) is 0 Å². The summed E-state index contributed by atoms with van der Waals surface area (Å²) in [6, 6.07) is 6.65. The average Bonchev–Trinajstić information content (AvgIpc) is 3.22. The third kappa shape index (κ3) is 3.03. The Morgan fingerprint density at radius 2 is 2.00 bits per heavy atom. The fraction of sp³-hybridized carbons (Fsp3) is 0.467. The standard InChI is InChI=1S/C15H18FN3S/c1-2-9-19-14(12-5-6-12)17-18-15(19)20-10-11-3-7-13(16)8-4-11/h3-4,7-8,12H,2,5-6,9-10H2,1H3. The molecule has 0 aliphatic heterocycles. The van der Waals surface area contributed by atoms with E-state index in [1.54, 1.807) is 11.8 Å². The van der Waals surface area contributed by atoms with Crippen molar-refractivity contribution in [1.29, 1.82) is 0 Å². The minimum absolute atomic E-state index is 0.191. The highest BCUT2D eigenvalue weighted by atomic mass is 32.2. The van der Waals surface area contributed by atoms with Gasteiger partial charge in [0.1, 0.15) is 11.6 Å². The van der Waals surface area contributed by atoms with Gasteiger partial charge >= 0.3 is 0 Å². The summed E-state index contributed by atoms with van der Waals surface area (Å²) >= 11 is 1.68. The first-order valence-electron chi connectivity index (χ1n) is 7.08. The van der Waals surface area contributed by atoms with Gasteiger partial charge in [-0.25, -0.2) is 4.39 Å². The molecule has 3 rings (SSSR count). The lowest BCUT2D eigenvalue weighted by atomic mass is 10.2. The zero-order valence-corrected chi connectivity index (χ0v) is 12.4. The molecule has 2 aromatic rings. The molecule has 1 saturated carbocycles. The van der Waals surface area contributed by atoms with Crippen LogP contribution in [0.1, 0.15) is 43.5 Å². The summed E-state index contributed by atoms with van der Waals surface area (Å²) in [5.74, 6) is 2.37. The van der Waals surface area contributed by atoms with Gasteiger partial charge in [0.15, 0.2) is 5.16 Å². The second kappa shape index (κ2) is 5.95. The molecule has 0 bridgehead atoms. The van der Waals surface area contributed by atoms with Crippen LogP contribution in [-0.2, 0) is 12.3 Å². The number of rotatable bonds is 6. The Morgan fingerprint density at radius 1 is 1.25 bits per heavy atom. The van der Waals surface area contributed by atoms with Gasteiger partial charge in [0.2, 0.25) is 0 Å². The molecule has 0 unspecified atom stereocenters. The van der Waals surface area contributed by atoms with Crippen LogP contribution in [0.2, 0.25) is 0 Å². The molecule has 1 aromatic heterocycles. The molecule has 3 nitrogen and oxygen atoms in total. The minimum Gasteiger partial charge on any atom is -0.306 e. The van der Waals surface area contributed by atoms with Crippen molar-refractivity contribution in [2.45, 2.75) is 49.6 Å². The van der Waals surface area contributed by atoms with Crippen molar-refractivity contribution in [3.8, 4) is 0 Å². The Balaban J connectivity index is 1.71. The lowest BCUT2D eigenvalue weighted by Crippen LogP contribution is -2.03. The van der Waals surface area contributed by atoms with Crippen molar-refractivity contribution in [3.63, 3.8) is 0 Å². The molecular formula is C15H18FN3S. The predicted octanol–water partition coefficient (Wildman–Crippen LogP) is 4.00. The van der Waals surface area contributed by atoms with E-state index < -0.39 is 0 Å². The van der Waals surface area contributed by atoms with Crippen molar-refractivity contribution in [2.24, 2.45) is 0 Å². The van der Waals surface area contributed by atoms with E-state index >= 15 is 0 Å². The summed E-state index contributed by atoms with van der Waals surface area (Å²) in [6.07, 6.45) is 3.57. The number of benzene rings is 1. The van der Waals surface area contributed by atoms with Crippen LogP contribution in [0.15, 0.2) is 29.4 Å². The third-order valence-corrected chi connectivity index (χ3v) is 4.45. The SMILES string of the molecule is CCCn1c(SCc2ccc(F)cc2)nnc1C1CC1. The van der Waals surface area contributed by atoms with Gasteiger partial charge in [0.25, 0.3) is 0 Å². The molecule has 0 saturated heterocycles. The monoisotopic (exact) mass is 291 g/mol. The van der Waals surface area contributed by atoms with Crippen molar-refractivity contribution in [3.05, 3.63) is 41.5 Å². The van der Waals surface area contributed by atoms with E-state index in [1.165, 1.54) is 25.0 Å². The second-order valence-corrected chi connectivity index (χ2v) is 6.12. The molecule has 1 aliphatic rings. The first kappa shape index (κ1) is 13.6. The van der Waals surface area contributed by atoms with E-state index in [4.69, 9.17) is 0 Å². The van der Waals surface area contributed by atoms with Gasteiger partial charge < -0.3 is 4.57 Å². The number of nitrogens with zero attached hydrogens (tertiary/aromatic N) is 3. The topological polar surface area (TPSA) is 30.7 Å². The molecule has 1 aromatic carbocycles. The van der Waals surface area contributed by atoms with Crippen molar-refractivity contribution in [2.75, 3.05) is 0 Å². The molecule has 0 atom stereocenters. The molecule has 20 heavy (non-hydrogen) atoms. The molecular weight excluding hydrogens is 273 g/mol. The largest absolute Gasteiger partial charge is 0.306 e. The van der Waals surface area contributed by atoms with Gasteiger partial charge in [-0.1, -0.05) is 30.8 Å². The second-order valence-electron chi connectivity index (χ2n) is 5.18. The first-order valence-corrected chi connectivity index (χ1v) is 8.07. The maximum absolute atomic E-state index is 12.9. The number of thioether (sulfide) groups is 1. The number of halogens is 1. The fourth-order valence-electron chi connectivity index (χ4n) is 2.21. The highest BCUT2D eigenvalue weighted by molar-refractivity contribution is 7.98. The van der Waals surface area contributed by atoms with Crippen LogP contribution in [0.25, 0.3) is 0 Å². The Hall–Kier alpha value is -1.36. The number of aromatic nitrogens is 3. The van der Waals surface area contributed by atoms with Gasteiger partial charge in [-0.3, -0.25) is 0 Å². The Labute approximate surface area is 122 Å². The van der Waals surface area contributed by atoms with Crippen molar-refractivity contribution >= 4 is 11.8 Å². The van der Waals surface area contributed by atoms with Crippen LogP contribution < -0.4 is 0 Å². The normalized spacial score (nSPS) is 14.7. The van der Waals surface area contributed by atoms with E-state index in [-0.39, 0.29) is 5.82 Å². The molecule has 0 N–H and O–H groups in total. The maximum atomic E-state index is 12.9. The zero-order chi connectivity index (χ0) is 13.9. The summed E-state index contributed by atoms with van der Waals surface area (Å²) in [5.41, 5.74) is 1.11.